The molecule has 0 aliphatic heterocycles. The zero-order chi connectivity index (χ0) is 23.8. The van der Waals surface area contributed by atoms with E-state index in [0.717, 1.165) is 24.0 Å². The number of rotatable bonds is 5. The average Bonchev–Trinajstić information content (AvgIpc) is 2.76. The minimum atomic E-state index is -5.25. The van der Waals surface area contributed by atoms with E-state index in [1.54, 1.807) is 6.07 Å². The largest absolute Gasteiger partial charge is 0.573 e. The van der Waals surface area contributed by atoms with Crippen molar-refractivity contribution in [3.63, 3.8) is 0 Å². The van der Waals surface area contributed by atoms with Crippen LogP contribution in [0.5, 0.6) is 5.75 Å². The van der Waals surface area contributed by atoms with Crippen LogP contribution in [0.15, 0.2) is 48.5 Å². The highest BCUT2D eigenvalue weighted by atomic mass is 19.4. The smallest absolute Gasteiger partial charge is 0.399 e. The van der Waals surface area contributed by atoms with Gasteiger partial charge < -0.3 is 4.74 Å². The summed E-state index contributed by atoms with van der Waals surface area (Å²) < 4.78 is 84.0. The molecule has 172 valence electrons. The zero-order valence-electron chi connectivity index (χ0n) is 17.7. The SMILES string of the molecule is CCCc1ccc(C2=Cc3ccc(-c4cc(F)c(OC(F)(F)F)c(F)c4)c(F)c3CC2)cc1. The highest BCUT2D eigenvalue weighted by Crippen LogP contribution is 2.38. The Bertz CT molecular complexity index is 1190. The van der Waals surface area contributed by atoms with Gasteiger partial charge in [0.15, 0.2) is 11.6 Å². The third-order valence-corrected chi connectivity index (χ3v) is 5.64. The third-order valence-electron chi connectivity index (χ3n) is 5.64. The van der Waals surface area contributed by atoms with Crippen molar-refractivity contribution >= 4 is 11.6 Å². The summed E-state index contributed by atoms with van der Waals surface area (Å²) >= 11 is 0. The van der Waals surface area contributed by atoms with Crippen LogP contribution >= 0.6 is 0 Å². The van der Waals surface area contributed by atoms with Gasteiger partial charge in [-0.05, 0) is 64.8 Å². The summed E-state index contributed by atoms with van der Waals surface area (Å²) in [6.07, 6.45) is -0.328. The van der Waals surface area contributed by atoms with Crippen LogP contribution in [0.2, 0.25) is 0 Å². The molecule has 0 unspecified atom stereocenters. The molecule has 0 fully saturated rings. The zero-order valence-corrected chi connectivity index (χ0v) is 17.7. The van der Waals surface area contributed by atoms with Gasteiger partial charge in [0.05, 0.1) is 0 Å². The molecule has 0 radical (unpaired) electrons. The van der Waals surface area contributed by atoms with E-state index < -0.39 is 29.6 Å². The summed E-state index contributed by atoms with van der Waals surface area (Å²) in [5.41, 5.74) is 4.12. The number of fused-ring (bicyclic) bond motifs is 1. The number of benzene rings is 3. The van der Waals surface area contributed by atoms with Crippen LogP contribution in [-0.2, 0) is 12.8 Å². The highest BCUT2D eigenvalue weighted by Gasteiger charge is 2.34. The number of alkyl halides is 3. The lowest BCUT2D eigenvalue weighted by Gasteiger charge is -2.20. The molecular formula is C26H20F6O. The lowest BCUT2D eigenvalue weighted by atomic mass is 9.86. The van der Waals surface area contributed by atoms with Gasteiger partial charge in [-0.2, -0.15) is 0 Å². The second kappa shape index (κ2) is 8.96. The molecule has 0 N–H and O–H groups in total. The Balaban J connectivity index is 1.66. The Morgan fingerprint density at radius 1 is 0.848 bits per heavy atom. The summed E-state index contributed by atoms with van der Waals surface area (Å²) in [6.45, 7) is 2.12. The molecule has 7 heteroatoms. The maximum Gasteiger partial charge on any atom is 0.573 e. The fraction of sp³-hybridized carbons (Fsp3) is 0.231. The molecule has 0 aromatic heterocycles. The van der Waals surface area contributed by atoms with Crippen LogP contribution in [0.1, 0.15) is 42.0 Å². The molecule has 0 saturated carbocycles. The molecule has 0 atom stereocenters. The molecular weight excluding hydrogens is 442 g/mol. The molecule has 0 heterocycles. The van der Waals surface area contributed by atoms with Gasteiger partial charge in [-0.15, -0.1) is 13.2 Å². The average molecular weight is 462 g/mol. The van der Waals surface area contributed by atoms with Crippen molar-refractivity contribution in [3.05, 3.63) is 88.2 Å². The van der Waals surface area contributed by atoms with Gasteiger partial charge in [0.25, 0.3) is 0 Å². The van der Waals surface area contributed by atoms with Crippen LogP contribution in [0.3, 0.4) is 0 Å². The van der Waals surface area contributed by atoms with Gasteiger partial charge in [-0.3, -0.25) is 0 Å². The topological polar surface area (TPSA) is 9.23 Å². The summed E-state index contributed by atoms with van der Waals surface area (Å²) in [5.74, 6) is -5.34. The number of halogens is 6. The summed E-state index contributed by atoms with van der Waals surface area (Å²) in [4.78, 5) is 0. The van der Waals surface area contributed by atoms with Crippen LogP contribution in [0.25, 0.3) is 22.8 Å². The standard InChI is InChI=1S/C26H20F6O/c1-2-3-15-4-6-16(7-5-15)17-8-10-20-18(12-17)9-11-21(24(20)29)19-13-22(27)25(23(28)14-19)33-26(30,31)32/h4-7,9,11-14H,2-3,8,10H2,1H3. The highest BCUT2D eigenvalue weighted by molar-refractivity contribution is 5.85. The molecule has 0 spiro atoms. The van der Waals surface area contributed by atoms with Crippen molar-refractivity contribution < 1.29 is 31.1 Å². The Kier molecular flexibility index (Phi) is 6.23. The normalized spacial score (nSPS) is 13.5. The predicted octanol–water partition coefficient (Wildman–Crippen LogP) is 8.11. The van der Waals surface area contributed by atoms with E-state index in [9.17, 15) is 22.0 Å². The van der Waals surface area contributed by atoms with Crippen molar-refractivity contribution in [1.82, 2.24) is 0 Å². The number of hydrogen-bond donors (Lipinski definition) is 0. The number of aryl methyl sites for hydroxylation is 1. The van der Waals surface area contributed by atoms with Gasteiger partial charge >= 0.3 is 6.36 Å². The van der Waals surface area contributed by atoms with Crippen LogP contribution in [0, 0.1) is 17.5 Å². The Labute approximate surface area is 187 Å². The molecule has 3 aromatic rings. The molecule has 0 saturated heterocycles. The van der Waals surface area contributed by atoms with E-state index in [4.69, 9.17) is 0 Å². The first kappa shape index (κ1) is 23.0. The van der Waals surface area contributed by atoms with E-state index in [2.05, 4.69) is 23.8 Å². The maximum absolute atomic E-state index is 15.3. The summed E-state index contributed by atoms with van der Waals surface area (Å²) in [7, 11) is 0. The van der Waals surface area contributed by atoms with Gasteiger partial charge in [0.2, 0.25) is 5.75 Å². The Morgan fingerprint density at radius 2 is 1.52 bits per heavy atom. The second-order valence-electron chi connectivity index (χ2n) is 7.93. The summed E-state index contributed by atoms with van der Waals surface area (Å²) in [6, 6.07) is 12.5. The van der Waals surface area contributed by atoms with Crippen molar-refractivity contribution in [2.75, 3.05) is 0 Å². The number of ether oxygens (including phenoxy) is 1. The minimum absolute atomic E-state index is 0.0918. The van der Waals surface area contributed by atoms with E-state index in [1.807, 2.05) is 18.2 Å². The lowest BCUT2D eigenvalue weighted by molar-refractivity contribution is -0.276. The van der Waals surface area contributed by atoms with Gasteiger partial charge in [0, 0.05) is 5.56 Å². The summed E-state index contributed by atoms with van der Waals surface area (Å²) in [5, 5.41) is 0. The molecule has 0 bridgehead atoms. The lowest BCUT2D eigenvalue weighted by Crippen LogP contribution is -2.19. The van der Waals surface area contributed by atoms with Crippen molar-refractivity contribution in [2.24, 2.45) is 0 Å². The van der Waals surface area contributed by atoms with E-state index >= 15 is 4.39 Å². The van der Waals surface area contributed by atoms with Crippen LogP contribution < -0.4 is 4.74 Å². The molecule has 33 heavy (non-hydrogen) atoms. The third kappa shape index (κ3) is 4.92. The molecule has 1 aliphatic carbocycles. The van der Waals surface area contributed by atoms with Gasteiger partial charge in [0.1, 0.15) is 5.82 Å². The van der Waals surface area contributed by atoms with Crippen molar-refractivity contribution in [1.29, 1.82) is 0 Å². The minimum Gasteiger partial charge on any atom is -0.399 e. The number of allylic oxidation sites excluding steroid dienone is 1. The fourth-order valence-corrected chi connectivity index (χ4v) is 4.10. The molecule has 4 rings (SSSR count). The first-order chi connectivity index (χ1) is 15.7. The van der Waals surface area contributed by atoms with E-state index in [1.165, 1.54) is 11.6 Å². The van der Waals surface area contributed by atoms with E-state index in [0.29, 0.717) is 36.1 Å². The van der Waals surface area contributed by atoms with Crippen molar-refractivity contribution in [2.45, 2.75) is 39.0 Å². The van der Waals surface area contributed by atoms with Gasteiger partial charge in [-0.25, -0.2) is 13.2 Å². The first-order valence-corrected chi connectivity index (χ1v) is 10.5. The first-order valence-electron chi connectivity index (χ1n) is 10.5. The van der Waals surface area contributed by atoms with Crippen molar-refractivity contribution in [3.8, 4) is 16.9 Å². The molecule has 1 nitrogen and oxygen atoms in total. The Morgan fingerprint density at radius 3 is 2.12 bits per heavy atom. The maximum atomic E-state index is 15.3. The Hall–Kier alpha value is -3.22. The monoisotopic (exact) mass is 462 g/mol. The molecule has 1 aliphatic rings. The second-order valence-corrected chi connectivity index (χ2v) is 7.93. The van der Waals surface area contributed by atoms with E-state index in [-0.39, 0.29) is 11.1 Å². The number of hydrogen-bond acceptors (Lipinski definition) is 1. The molecule has 3 aromatic carbocycles. The van der Waals surface area contributed by atoms with Gasteiger partial charge in [-0.1, -0.05) is 55.8 Å². The molecule has 0 amide bonds. The predicted molar refractivity (Wildman–Crippen MR) is 115 cm³/mol. The van der Waals surface area contributed by atoms with Crippen LogP contribution in [0.4, 0.5) is 26.3 Å². The quantitative estimate of drug-likeness (QED) is 0.348. The fourth-order valence-electron chi connectivity index (χ4n) is 4.10. The van der Waals surface area contributed by atoms with Crippen LogP contribution in [-0.4, -0.2) is 6.36 Å².